The highest BCUT2D eigenvalue weighted by atomic mass is 35.5. The molecule has 2 fully saturated rings. The summed E-state index contributed by atoms with van der Waals surface area (Å²) >= 11 is 7.89. The van der Waals surface area contributed by atoms with Crippen LogP contribution in [0.4, 0.5) is 5.13 Å². The van der Waals surface area contributed by atoms with Crippen molar-refractivity contribution in [2.45, 2.75) is 43.4 Å². The summed E-state index contributed by atoms with van der Waals surface area (Å²) in [6.07, 6.45) is 3.61. The smallest absolute Gasteiger partial charge is 0.236 e. The van der Waals surface area contributed by atoms with E-state index in [0.29, 0.717) is 34.6 Å². The number of halogens is 2. The fourth-order valence-corrected chi connectivity index (χ4v) is 6.04. The van der Waals surface area contributed by atoms with Gasteiger partial charge >= 0.3 is 0 Å². The van der Waals surface area contributed by atoms with Crippen LogP contribution in [0, 0.1) is 0 Å². The Bertz CT molecular complexity index is 1250. The molecule has 35 heavy (non-hydrogen) atoms. The molecule has 0 radical (unpaired) electrons. The fraction of sp³-hybridized carbons (Fsp3) is 0.360. The molecule has 7 nitrogen and oxygen atoms in total. The van der Waals surface area contributed by atoms with Crippen molar-refractivity contribution in [1.82, 2.24) is 9.88 Å². The number of rotatable bonds is 6. The first kappa shape index (κ1) is 24.3. The maximum Gasteiger partial charge on any atom is 0.236 e. The highest BCUT2D eigenvalue weighted by Crippen LogP contribution is 2.51. The molecule has 1 saturated heterocycles. The van der Waals surface area contributed by atoms with Crippen LogP contribution in [0.2, 0.25) is 5.02 Å². The van der Waals surface area contributed by atoms with Gasteiger partial charge in [-0.15, -0.1) is 23.7 Å². The van der Waals surface area contributed by atoms with Crippen molar-refractivity contribution < 1.29 is 19.4 Å². The average Bonchev–Trinajstić information content (AvgIpc) is 3.12. The lowest BCUT2D eigenvalue weighted by atomic mass is 9.94. The maximum atomic E-state index is 13.2. The number of carbonyl (C=O) groups excluding carboxylic acids is 1. The van der Waals surface area contributed by atoms with Crippen LogP contribution in [-0.4, -0.2) is 40.3 Å². The van der Waals surface area contributed by atoms with E-state index in [9.17, 15) is 9.90 Å². The van der Waals surface area contributed by atoms with Gasteiger partial charge in [-0.1, -0.05) is 35.9 Å². The van der Waals surface area contributed by atoms with Gasteiger partial charge in [0.25, 0.3) is 0 Å². The number of aromatic nitrogens is 1. The Morgan fingerprint density at radius 2 is 2.03 bits per heavy atom. The molecular formula is C25H25Cl2N3O4S. The first-order chi connectivity index (χ1) is 16.5. The van der Waals surface area contributed by atoms with Gasteiger partial charge in [0.1, 0.15) is 0 Å². The van der Waals surface area contributed by atoms with E-state index < -0.39 is 11.5 Å². The maximum absolute atomic E-state index is 13.2. The third-order valence-corrected chi connectivity index (χ3v) is 8.18. The van der Waals surface area contributed by atoms with E-state index in [4.69, 9.17) is 21.1 Å². The van der Waals surface area contributed by atoms with Gasteiger partial charge in [0, 0.05) is 29.2 Å². The zero-order valence-electron chi connectivity index (χ0n) is 18.8. The molecular weight excluding hydrogens is 509 g/mol. The van der Waals surface area contributed by atoms with E-state index in [0.717, 1.165) is 35.4 Å². The number of nitrogens with zero attached hydrogens (tertiary/aromatic N) is 2. The zero-order valence-corrected chi connectivity index (χ0v) is 21.2. The number of fused-ring (bicyclic) bond motifs is 1. The van der Waals surface area contributed by atoms with Gasteiger partial charge in [-0.25, -0.2) is 4.98 Å². The number of aliphatic hydroxyl groups excluding tert-OH is 1. The van der Waals surface area contributed by atoms with Gasteiger partial charge in [0.2, 0.25) is 12.7 Å². The number of amides is 1. The summed E-state index contributed by atoms with van der Waals surface area (Å²) in [5.74, 6) is 1.36. The third kappa shape index (κ3) is 4.49. The van der Waals surface area contributed by atoms with Crippen LogP contribution in [-0.2, 0) is 16.8 Å². The second-order valence-electron chi connectivity index (χ2n) is 9.03. The van der Waals surface area contributed by atoms with Crippen LogP contribution in [0.5, 0.6) is 11.5 Å². The number of nitrogens with one attached hydrogen (secondary N) is 1. The van der Waals surface area contributed by atoms with E-state index >= 15 is 0 Å². The van der Waals surface area contributed by atoms with Crippen LogP contribution in [0.15, 0.2) is 48.7 Å². The Balaban J connectivity index is 0.00000253. The molecule has 3 heterocycles. The molecule has 184 valence electrons. The molecule has 1 saturated carbocycles. The van der Waals surface area contributed by atoms with Crippen molar-refractivity contribution in [3.05, 3.63) is 69.7 Å². The summed E-state index contributed by atoms with van der Waals surface area (Å²) in [7, 11) is 0. The van der Waals surface area contributed by atoms with E-state index in [1.807, 2.05) is 42.5 Å². The summed E-state index contributed by atoms with van der Waals surface area (Å²) < 4.78 is 10.9. The fourth-order valence-electron chi connectivity index (χ4n) is 4.96. The first-order valence-electron chi connectivity index (χ1n) is 11.4. The van der Waals surface area contributed by atoms with E-state index in [-0.39, 0.29) is 31.1 Å². The Kier molecular flexibility index (Phi) is 6.67. The van der Waals surface area contributed by atoms with Gasteiger partial charge in [-0.3, -0.25) is 9.69 Å². The number of likely N-dealkylation sites (tertiary alicyclic amines) is 1. The van der Waals surface area contributed by atoms with Gasteiger partial charge in [0.15, 0.2) is 16.6 Å². The van der Waals surface area contributed by atoms with Crippen molar-refractivity contribution >= 4 is 46.4 Å². The Hall–Kier alpha value is -2.36. The molecule has 2 aromatic carbocycles. The molecule has 2 aliphatic heterocycles. The van der Waals surface area contributed by atoms with Crippen LogP contribution >= 0.6 is 35.3 Å². The Morgan fingerprint density at radius 1 is 1.23 bits per heavy atom. The Labute approximate surface area is 218 Å². The molecule has 3 aliphatic rings. The molecule has 3 aromatic rings. The number of thiazole rings is 1. The summed E-state index contributed by atoms with van der Waals surface area (Å²) in [4.78, 5) is 20.9. The highest BCUT2D eigenvalue weighted by Gasteiger charge is 2.52. The lowest BCUT2D eigenvalue weighted by Crippen LogP contribution is -2.27. The average molecular weight is 534 g/mol. The van der Waals surface area contributed by atoms with Crippen LogP contribution in [0.1, 0.15) is 41.3 Å². The molecule has 10 heteroatoms. The second-order valence-corrected chi connectivity index (χ2v) is 10.6. The molecule has 0 bridgehead atoms. The minimum absolute atomic E-state index is 0. The quantitative estimate of drug-likeness (QED) is 0.467. The van der Waals surface area contributed by atoms with Crippen LogP contribution in [0.3, 0.4) is 0 Å². The second kappa shape index (κ2) is 9.59. The standard InChI is InChI=1S/C25H24ClN3O4S.ClH/c26-18-4-2-1-3-17(18)22-19(30)7-10-29(22)13-16-12-27-24(34-16)28-23(31)25(8-9-25)15-5-6-20-21(11-15)33-14-32-20;/h1-6,11-12,19,22,30H,7-10,13-14H2,(H,27,28,31);1H/t19-,22+;/m1./s1. The number of hydrogen-bond donors (Lipinski definition) is 2. The zero-order chi connectivity index (χ0) is 23.3. The van der Waals surface area contributed by atoms with Crippen molar-refractivity contribution in [3.8, 4) is 11.5 Å². The molecule has 1 aliphatic carbocycles. The normalized spacial score (nSPS) is 22.0. The number of carbonyl (C=O) groups is 1. The van der Waals surface area contributed by atoms with Crippen LogP contribution in [0.25, 0.3) is 0 Å². The molecule has 1 amide bonds. The summed E-state index contributed by atoms with van der Waals surface area (Å²) in [5, 5.41) is 14.9. The van der Waals surface area contributed by atoms with Gasteiger partial charge < -0.3 is 19.9 Å². The lowest BCUT2D eigenvalue weighted by Gasteiger charge is -2.26. The number of hydrogen-bond acceptors (Lipinski definition) is 7. The summed E-state index contributed by atoms with van der Waals surface area (Å²) in [6, 6.07) is 13.2. The molecule has 0 spiro atoms. The van der Waals surface area contributed by atoms with Crippen LogP contribution < -0.4 is 14.8 Å². The van der Waals surface area contributed by atoms with E-state index in [1.54, 1.807) is 6.20 Å². The van der Waals surface area contributed by atoms with E-state index in [1.165, 1.54) is 11.3 Å². The van der Waals surface area contributed by atoms with E-state index in [2.05, 4.69) is 15.2 Å². The largest absolute Gasteiger partial charge is 0.454 e. The van der Waals surface area contributed by atoms with Crippen molar-refractivity contribution in [1.29, 1.82) is 0 Å². The number of ether oxygens (including phenoxy) is 2. The number of benzene rings is 2. The number of anilines is 1. The molecule has 6 rings (SSSR count). The molecule has 2 atom stereocenters. The molecule has 1 aromatic heterocycles. The predicted octanol–water partition coefficient (Wildman–Crippen LogP) is 4.93. The SMILES string of the molecule is Cl.O=C(Nc1ncc(CN2CC[C@@H](O)[C@@H]2c2ccccc2Cl)s1)C1(c2ccc3c(c2)OCO3)CC1. The Morgan fingerprint density at radius 3 is 2.83 bits per heavy atom. The first-order valence-corrected chi connectivity index (χ1v) is 12.6. The van der Waals surface area contributed by atoms with Gasteiger partial charge in [0.05, 0.1) is 17.6 Å². The monoisotopic (exact) mass is 533 g/mol. The lowest BCUT2D eigenvalue weighted by molar-refractivity contribution is -0.118. The van der Waals surface area contributed by atoms with Gasteiger partial charge in [-0.05, 0) is 48.6 Å². The minimum atomic E-state index is -0.541. The van der Waals surface area contributed by atoms with Crippen molar-refractivity contribution in [2.75, 3.05) is 18.7 Å². The van der Waals surface area contributed by atoms with Crippen molar-refractivity contribution in [2.24, 2.45) is 0 Å². The molecule has 0 unspecified atom stereocenters. The summed E-state index contributed by atoms with van der Waals surface area (Å²) in [6.45, 7) is 1.61. The van der Waals surface area contributed by atoms with Crippen molar-refractivity contribution in [3.63, 3.8) is 0 Å². The number of aliphatic hydroxyl groups is 1. The topological polar surface area (TPSA) is 83.9 Å². The summed E-state index contributed by atoms with van der Waals surface area (Å²) in [5.41, 5.74) is 1.34. The minimum Gasteiger partial charge on any atom is -0.454 e. The third-order valence-electron chi connectivity index (χ3n) is 6.94. The molecule has 2 N–H and O–H groups in total. The highest BCUT2D eigenvalue weighted by molar-refractivity contribution is 7.15. The van der Waals surface area contributed by atoms with Gasteiger partial charge in [-0.2, -0.15) is 0 Å². The predicted molar refractivity (Wildman–Crippen MR) is 137 cm³/mol.